The molecule has 7 heteroatoms. The molecule has 0 bridgehead atoms. The molecule has 7 nitrogen and oxygen atoms in total. The van der Waals surface area contributed by atoms with Crippen molar-refractivity contribution in [2.24, 2.45) is 5.73 Å². The fourth-order valence-corrected chi connectivity index (χ4v) is 1.89. The minimum Gasteiger partial charge on any atom is -0.494 e. The monoisotopic (exact) mass is 314 g/mol. The number of urea groups is 1. The summed E-state index contributed by atoms with van der Waals surface area (Å²) in [6, 6.07) is 13.6. The van der Waals surface area contributed by atoms with Gasteiger partial charge in [0.25, 0.3) is 0 Å². The van der Waals surface area contributed by atoms with Gasteiger partial charge in [-0.05, 0) is 24.3 Å². The van der Waals surface area contributed by atoms with Crippen molar-refractivity contribution in [2.45, 2.75) is 0 Å². The molecule has 2 rings (SSSR count). The van der Waals surface area contributed by atoms with E-state index in [0.717, 1.165) is 0 Å². The molecule has 0 atom stereocenters. The smallest absolute Gasteiger partial charge is 0.323 e. The lowest BCUT2D eigenvalue weighted by atomic mass is 10.2. The van der Waals surface area contributed by atoms with Crippen LogP contribution in [0.15, 0.2) is 48.5 Å². The van der Waals surface area contributed by atoms with Gasteiger partial charge in [-0.2, -0.15) is 0 Å². The van der Waals surface area contributed by atoms with Crippen LogP contribution in [0, 0.1) is 0 Å². The number of amides is 3. The van der Waals surface area contributed by atoms with Gasteiger partial charge in [0.1, 0.15) is 5.75 Å². The van der Waals surface area contributed by atoms with Crippen molar-refractivity contribution in [3.05, 3.63) is 48.5 Å². The highest BCUT2D eigenvalue weighted by Gasteiger charge is 2.09. The van der Waals surface area contributed by atoms with Gasteiger partial charge in [0, 0.05) is 17.4 Å². The first kappa shape index (κ1) is 16.3. The van der Waals surface area contributed by atoms with Crippen molar-refractivity contribution in [1.29, 1.82) is 0 Å². The third-order valence-electron chi connectivity index (χ3n) is 2.95. The highest BCUT2D eigenvalue weighted by atomic mass is 16.5. The summed E-state index contributed by atoms with van der Waals surface area (Å²) in [7, 11) is 1.48. The molecular formula is C16H18N4O3. The lowest BCUT2D eigenvalue weighted by Gasteiger charge is -2.13. The average molecular weight is 314 g/mol. The first-order valence-electron chi connectivity index (χ1n) is 6.93. The summed E-state index contributed by atoms with van der Waals surface area (Å²) in [5.74, 6) is 0.109. The van der Waals surface area contributed by atoms with Crippen LogP contribution in [-0.4, -0.2) is 25.6 Å². The lowest BCUT2D eigenvalue weighted by Crippen LogP contribution is -2.22. The van der Waals surface area contributed by atoms with Gasteiger partial charge >= 0.3 is 6.03 Å². The minimum absolute atomic E-state index is 0.109. The molecule has 0 spiro atoms. The topological polar surface area (TPSA) is 105 Å². The maximum atomic E-state index is 12.0. The normalized spacial score (nSPS) is 9.83. The second kappa shape index (κ2) is 7.81. The third-order valence-corrected chi connectivity index (χ3v) is 2.95. The van der Waals surface area contributed by atoms with Gasteiger partial charge in [-0.25, -0.2) is 4.79 Å². The molecule has 2 aromatic carbocycles. The van der Waals surface area contributed by atoms with E-state index in [4.69, 9.17) is 10.5 Å². The lowest BCUT2D eigenvalue weighted by molar-refractivity contribution is -0.114. The minimum atomic E-state index is -0.395. The Balaban J connectivity index is 2.07. The molecule has 0 saturated heterocycles. The second-order valence-corrected chi connectivity index (χ2v) is 4.61. The molecule has 0 aliphatic rings. The molecule has 2 aromatic rings. The van der Waals surface area contributed by atoms with E-state index in [9.17, 15) is 9.59 Å². The summed E-state index contributed by atoms with van der Waals surface area (Å²) in [6.07, 6.45) is 0. The van der Waals surface area contributed by atoms with Crippen molar-refractivity contribution >= 4 is 29.0 Å². The molecule has 120 valence electrons. The Morgan fingerprint density at radius 3 is 2.39 bits per heavy atom. The average Bonchev–Trinajstić information content (AvgIpc) is 2.56. The standard InChI is InChI=1S/C16H18N4O3/c1-23-14-9-12(18-15(21)10-17)7-8-13(14)20-16(22)19-11-5-3-2-4-6-11/h2-9H,10,17H2,1H3,(H,18,21)(H2,19,20,22). The van der Waals surface area contributed by atoms with E-state index >= 15 is 0 Å². The third kappa shape index (κ3) is 4.72. The van der Waals surface area contributed by atoms with Crippen LogP contribution >= 0.6 is 0 Å². The maximum Gasteiger partial charge on any atom is 0.323 e. The van der Waals surface area contributed by atoms with Gasteiger partial charge in [-0.15, -0.1) is 0 Å². The van der Waals surface area contributed by atoms with E-state index in [1.54, 1.807) is 30.3 Å². The highest BCUT2D eigenvalue weighted by Crippen LogP contribution is 2.28. The summed E-state index contributed by atoms with van der Waals surface area (Å²) < 4.78 is 5.23. The van der Waals surface area contributed by atoms with Crippen LogP contribution in [0.1, 0.15) is 0 Å². The SMILES string of the molecule is COc1cc(NC(=O)CN)ccc1NC(=O)Nc1ccccc1. The van der Waals surface area contributed by atoms with Crippen molar-refractivity contribution in [2.75, 3.05) is 29.6 Å². The van der Waals surface area contributed by atoms with Crippen LogP contribution < -0.4 is 26.4 Å². The Labute approximate surface area is 133 Å². The summed E-state index contributed by atoms with van der Waals surface area (Å²) in [5, 5.41) is 8.01. The Kier molecular flexibility index (Phi) is 5.54. The summed E-state index contributed by atoms with van der Waals surface area (Å²) in [6.45, 7) is -0.109. The molecule has 23 heavy (non-hydrogen) atoms. The number of carbonyl (C=O) groups is 2. The van der Waals surface area contributed by atoms with Gasteiger partial charge in [-0.3, -0.25) is 4.79 Å². The summed E-state index contributed by atoms with van der Waals surface area (Å²) in [5.41, 5.74) is 6.94. The van der Waals surface area contributed by atoms with Crippen LogP contribution in [0.4, 0.5) is 21.9 Å². The number of anilines is 3. The number of carbonyl (C=O) groups excluding carboxylic acids is 2. The van der Waals surface area contributed by atoms with E-state index in [-0.39, 0.29) is 12.5 Å². The number of methoxy groups -OCH3 is 1. The Bertz CT molecular complexity index is 689. The molecule has 0 radical (unpaired) electrons. The number of rotatable bonds is 5. The van der Waals surface area contributed by atoms with Gasteiger partial charge in [-0.1, -0.05) is 18.2 Å². The number of ether oxygens (including phenoxy) is 1. The molecule has 0 fully saturated rings. The van der Waals surface area contributed by atoms with Crippen LogP contribution in [0.3, 0.4) is 0 Å². The van der Waals surface area contributed by atoms with Crippen molar-refractivity contribution in [3.8, 4) is 5.75 Å². The van der Waals surface area contributed by atoms with E-state index < -0.39 is 6.03 Å². The van der Waals surface area contributed by atoms with Gasteiger partial charge in [0.05, 0.1) is 19.3 Å². The molecule has 0 aliphatic carbocycles. The van der Waals surface area contributed by atoms with Gasteiger partial charge in [0.15, 0.2) is 0 Å². The zero-order valence-corrected chi connectivity index (χ0v) is 12.6. The molecule has 0 unspecified atom stereocenters. The number of hydrogen-bond acceptors (Lipinski definition) is 4. The highest BCUT2D eigenvalue weighted by molar-refractivity contribution is 6.01. The van der Waals surface area contributed by atoms with E-state index in [1.807, 2.05) is 18.2 Å². The summed E-state index contributed by atoms with van der Waals surface area (Å²) >= 11 is 0. The fraction of sp³-hybridized carbons (Fsp3) is 0.125. The van der Waals surface area contributed by atoms with Crippen molar-refractivity contribution in [3.63, 3.8) is 0 Å². The van der Waals surface area contributed by atoms with E-state index in [2.05, 4.69) is 16.0 Å². The Hall–Kier alpha value is -3.06. The Morgan fingerprint density at radius 1 is 1.00 bits per heavy atom. The largest absolute Gasteiger partial charge is 0.494 e. The molecular weight excluding hydrogens is 296 g/mol. The fourth-order valence-electron chi connectivity index (χ4n) is 1.89. The zero-order chi connectivity index (χ0) is 16.7. The molecule has 0 saturated carbocycles. The van der Waals surface area contributed by atoms with Gasteiger partial charge < -0.3 is 26.4 Å². The van der Waals surface area contributed by atoms with Crippen LogP contribution in [0.25, 0.3) is 0 Å². The number of benzene rings is 2. The number of hydrogen-bond donors (Lipinski definition) is 4. The first-order valence-corrected chi connectivity index (χ1v) is 6.93. The predicted molar refractivity (Wildman–Crippen MR) is 89.8 cm³/mol. The van der Waals surface area contributed by atoms with Crippen LogP contribution in [0.2, 0.25) is 0 Å². The molecule has 5 N–H and O–H groups in total. The number of nitrogens with two attached hydrogens (primary N) is 1. The zero-order valence-electron chi connectivity index (χ0n) is 12.6. The number of para-hydroxylation sites is 1. The molecule has 3 amide bonds. The van der Waals surface area contributed by atoms with Crippen molar-refractivity contribution < 1.29 is 14.3 Å². The van der Waals surface area contributed by atoms with Crippen LogP contribution in [-0.2, 0) is 4.79 Å². The maximum absolute atomic E-state index is 12.0. The van der Waals surface area contributed by atoms with E-state index in [0.29, 0.717) is 22.8 Å². The second-order valence-electron chi connectivity index (χ2n) is 4.61. The van der Waals surface area contributed by atoms with Gasteiger partial charge in [0.2, 0.25) is 5.91 Å². The van der Waals surface area contributed by atoms with Crippen molar-refractivity contribution in [1.82, 2.24) is 0 Å². The number of nitrogens with one attached hydrogen (secondary N) is 3. The van der Waals surface area contributed by atoms with Crippen LogP contribution in [0.5, 0.6) is 5.75 Å². The molecule has 0 heterocycles. The Morgan fingerprint density at radius 2 is 1.74 bits per heavy atom. The quantitative estimate of drug-likeness (QED) is 0.679. The molecule has 0 aromatic heterocycles. The van der Waals surface area contributed by atoms with E-state index in [1.165, 1.54) is 7.11 Å². The first-order chi connectivity index (χ1) is 11.1. The molecule has 0 aliphatic heterocycles. The predicted octanol–water partition coefficient (Wildman–Crippen LogP) is 2.24. The summed E-state index contributed by atoms with van der Waals surface area (Å²) in [4.78, 5) is 23.3.